The van der Waals surface area contributed by atoms with Gasteiger partial charge in [0.1, 0.15) is 5.54 Å². The molecule has 0 saturated heterocycles. The van der Waals surface area contributed by atoms with Crippen LogP contribution in [0, 0.1) is 5.92 Å². The second-order valence-electron chi connectivity index (χ2n) is 5.05. The van der Waals surface area contributed by atoms with E-state index >= 15 is 0 Å². The lowest BCUT2D eigenvalue weighted by Gasteiger charge is -2.19. The lowest BCUT2D eigenvalue weighted by molar-refractivity contribution is -0.143. The van der Waals surface area contributed by atoms with E-state index in [9.17, 15) is 4.79 Å². The van der Waals surface area contributed by atoms with E-state index in [4.69, 9.17) is 15.6 Å². The van der Waals surface area contributed by atoms with Gasteiger partial charge in [0, 0.05) is 13.0 Å². The largest absolute Gasteiger partial charge is 0.480 e. The summed E-state index contributed by atoms with van der Waals surface area (Å²) in [5.74, 6) is -0.359. The van der Waals surface area contributed by atoms with Crippen LogP contribution in [0.1, 0.15) is 46.0 Å². The lowest BCUT2D eigenvalue weighted by Crippen LogP contribution is -2.45. The van der Waals surface area contributed by atoms with Crippen molar-refractivity contribution in [2.45, 2.75) is 57.6 Å². The summed E-state index contributed by atoms with van der Waals surface area (Å²) in [4.78, 5) is 10.9. The summed E-state index contributed by atoms with van der Waals surface area (Å²) in [6.45, 7) is 5.03. The summed E-state index contributed by atoms with van der Waals surface area (Å²) in [6.07, 6.45) is 4.07. The monoisotopic (exact) mass is 229 g/mol. The maximum atomic E-state index is 10.9. The van der Waals surface area contributed by atoms with Gasteiger partial charge in [-0.3, -0.25) is 4.79 Å². The van der Waals surface area contributed by atoms with Gasteiger partial charge in [0.2, 0.25) is 0 Å². The smallest absolute Gasteiger partial charge is 0.323 e. The van der Waals surface area contributed by atoms with E-state index in [1.165, 1.54) is 0 Å². The minimum atomic E-state index is -1.06. The first kappa shape index (κ1) is 13.5. The third-order valence-electron chi connectivity index (χ3n) is 3.33. The molecule has 0 aromatic heterocycles. The Labute approximate surface area is 97.2 Å². The molecule has 0 aromatic carbocycles. The number of rotatable bonds is 6. The molecule has 0 bridgehead atoms. The highest BCUT2D eigenvalue weighted by Crippen LogP contribution is 2.30. The maximum absolute atomic E-state index is 10.9. The Bertz CT molecular complexity index is 244. The predicted molar refractivity (Wildman–Crippen MR) is 62.2 cm³/mol. The molecule has 0 heterocycles. The normalized spacial score (nSPS) is 31.6. The summed E-state index contributed by atoms with van der Waals surface area (Å²) in [5.41, 5.74) is 4.72. The van der Waals surface area contributed by atoms with Crippen molar-refractivity contribution >= 4 is 5.97 Å². The first-order valence-electron chi connectivity index (χ1n) is 6.12. The Morgan fingerprint density at radius 3 is 2.88 bits per heavy atom. The minimum Gasteiger partial charge on any atom is -0.480 e. The van der Waals surface area contributed by atoms with Gasteiger partial charge in [0.25, 0.3) is 0 Å². The van der Waals surface area contributed by atoms with Gasteiger partial charge in [-0.25, -0.2) is 0 Å². The van der Waals surface area contributed by atoms with Gasteiger partial charge in [0.15, 0.2) is 0 Å². The molecule has 3 unspecified atom stereocenters. The number of nitrogens with two attached hydrogens (primary N) is 1. The van der Waals surface area contributed by atoms with E-state index < -0.39 is 11.5 Å². The lowest BCUT2D eigenvalue weighted by atomic mass is 10.00. The SMILES string of the molecule is CCCC(C)COC1CCC(N)(C(=O)O)C1. The van der Waals surface area contributed by atoms with Crippen molar-refractivity contribution in [3.63, 3.8) is 0 Å². The fourth-order valence-corrected chi connectivity index (χ4v) is 2.24. The van der Waals surface area contributed by atoms with Gasteiger partial charge >= 0.3 is 5.97 Å². The molecule has 94 valence electrons. The van der Waals surface area contributed by atoms with Crippen molar-refractivity contribution < 1.29 is 14.6 Å². The molecule has 0 amide bonds. The van der Waals surface area contributed by atoms with Crippen LogP contribution in [0.15, 0.2) is 0 Å². The molecular formula is C12H23NO3. The molecule has 3 N–H and O–H groups in total. The van der Waals surface area contributed by atoms with Gasteiger partial charge in [0.05, 0.1) is 6.10 Å². The molecule has 0 radical (unpaired) electrons. The number of carboxylic acid groups (broad SMARTS) is 1. The Hall–Kier alpha value is -0.610. The predicted octanol–water partition coefficient (Wildman–Crippen LogP) is 1.77. The maximum Gasteiger partial charge on any atom is 0.323 e. The van der Waals surface area contributed by atoms with E-state index in [1.54, 1.807) is 0 Å². The molecule has 1 fully saturated rings. The van der Waals surface area contributed by atoms with Crippen LogP contribution in [0.2, 0.25) is 0 Å². The van der Waals surface area contributed by atoms with Gasteiger partial charge < -0.3 is 15.6 Å². The summed E-state index contributed by atoms with van der Waals surface area (Å²) >= 11 is 0. The summed E-state index contributed by atoms with van der Waals surface area (Å²) < 4.78 is 5.72. The average Bonchev–Trinajstić information content (AvgIpc) is 2.59. The highest BCUT2D eigenvalue weighted by molar-refractivity contribution is 5.78. The molecule has 4 heteroatoms. The Balaban J connectivity index is 2.29. The van der Waals surface area contributed by atoms with Crippen LogP contribution in [0.3, 0.4) is 0 Å². The van der Waals surface area contributed by atoms with Crippen LogP contribution in [-0.4, -0.2) is 29.3 Å². The molecule has 1 saturated carbocycles. The van der Waals surface area contributed by atoms with Gasteiger partial charge in [-0.2, -0.15) is 0 Å². The zero-order chi connectivity index (χ0) is 12.2. The zero-order valence-electron chi connectivity index (χ0n) is 10.2. The third-order valence-corrected chi connectivity index (χ3v) is 3.33. The number of aliphatic carboxylic acids is 1. The second kappa shape index (κ2) is 5.64. The zero-order valence-corrected chi connectivity index (χ0v) is 10.2. The summed E-state index contributed by atoms with van der Waals surface area (Å²) in [6, 6.07) is 0. The van der Waals surface area contributed by atoms with Crippen LogP contribution in [0.4, 0.5) is 0 Å². The third kappa shape index (κ3) is 3.46. The Morgan fingerprint density at radius 2 is 2.38 bits per heavy atom. The quantitative estimate of drug-likeness (QED) is 0.728. The first-order chi connectivity index (χ1) is 7.48. The molecule has 1 rings (SSSR count). The highest BCUT2D eigenvalue weighted by Gasteiger charge is 2.42. The second-order valence-corrected chi connectivity index (χ2v) is 5.05. The van der Waals surface area contributed by atoms with Crippen LogP contribution in [0.5, 0.6) is 0 Å². The molecule has 0 aromatic rings. The molecule has 0 aliphatic heterocycles. The number of carboxylic acids is 1. The van der Waals surface area contributed by atoms with Crippen molar-refractivity contribution in [3.05, 3.63) is 0 Å². The van der Waals surface area contributed by atoms with Crippen molar-refractivity contribution in [1.82, 2.24) is 0 Å². The molecule has 1 aliphatic carbocycles. The van der Waals surface area contributed by atoms with Gasteiger partial charge in [-0.05, 0) is 25.2 Å². The van der Waals surface area contributed by atoms with Crippen LogP contribution in [-0.2, 0) is 9.53 Å². The highest BCUT2D eigenvalue weighted by atomic mass is 16.5. The number of hydrogen-bond donors (Lipinski definition) is 2. The summed E-state index contributed by atoms with van der Waals surface area (Å²) in [5, 5.41) is 8.97. The molecule has 16 heavy (non-hydrogen) atoms. The Kier molecular flexibility index (Phi) is 4.74. The van der Waals surface area contributed by atoms with Crippen molar-refractivity contribution in [2.24, 2.45) is 11.7 Å². The van der Waals surface area contributed by atoms with Crippen molar-refractivity contribution in [1.29, 1.82) is 0 Å². The molecule has 3 atom stereocenters. The number of carbonyl (C=O) groups is 1. The topological polar surface area (TPSA) is 72.5 Å². The average molecular weight is 229 g/mol. The van der Waals surface area contributed by atoms with Gasteiger partial charge in [-0.1, -0.05) is 20.3 Å². The molecular weight excluding hydrogens is 206 g/mol. The first-order valence-corrected chi connectivity index (χ1v) is 6.12. The number of hydrogen-bond acceptors (Lipinski definition) is 3. The van der Waals surface area contributed by atoms with Crippen LogP contribution < -0.4 is 5.73 Å². The van der Waals surface area contributed by atoms with Crippen molar-refractivity contribution in [2.75, 3.05) is 6.61 Å². The molecule has 1 aliphatic rings. The van der Waals surface area contributed by atoms with E-state index in [2.05, 4.69) is 13.8 Å². The fraction of sp³-hybridized carbons (Fsp3) is 0.917. The van der Waals surface area contributed by atoms with Crippen molar-refractivity contribution in [3.8, 4) is 0 Å². The van der Waals surface area contributed by atoms with Gasteiger partial charge in [-0.15, -0.1) is 0 Å². The molecule has 4 nitrogen and oxygen atoms in total. The van der Waals surface area contributed by atoms with Crippen LogP contribution in [0.25, 0.3) is 0 Å². The Morgan fingerprint density at radius 1 is 1.69 bits per heavy atom. The summed E-state index contributed by atoms with van der Waals surface area (Å²) in [7, 11) is 0. The fourth-order valence-electron chi connectivity index (χ4n) is 2.24. The minimum absolute atomic E-state index is 0.0282. The van der Waals surface area contributed by atoms with E-state index in [0.717, 1.165) is 19.3 Å². The molecule has 0 spiro atoms. The van der Waals surface area contributed by atoms with E-state index in [1.807, 2.05) is 0 Å². The number of ether oxygens (including phenoxy) is 1. The van der Waals surface area contributed by atoms with Crippen LogP contribution >= 0.6 is 0 Å². The van der Waals surface area contributed by atoms with E-state index in [0.29, 0.717) is 25.4 Å². The standard InChI is InChI=1S/C12H23NO3/c1-3-4-9(2)8-16-10-5-6-12(13,7-10)11(14)15/h9-10H,3-8,13H2,1-2H3,(H,14,15). The van der Waals surface area contributed by atoms with E-state index in [-0.39, 0.29) is 6.10 Å².